The lowest BCUT2D eigenvalue weighted by Crippen LogP contribution is -3.13. The van der Waals surface area contributed by atoms with E-state index in [0.717, 1.165) is 19.5 Å². The highest BCUT2D eigenvalue weighted by Gasteiger charge is 2.13. The van der Waals surface area contributed by atoms with Crippen LogP contribution in [-0.4, -0.2) is 25.2 Å². The molecule has 1 N–H and O–H groups in total. The number of rotatable bonds is 9. The first-order valence-electron chi connectivity index (χ1n) is 8.39. The van der Waals surface area contributed by atoms with E-state index in [1.54, 1.807) is 12.1 Å². The molecule has 0 saturated carbocycles. The summed E-state index contributed by atoms with van der Waals surface area (Å²) in [5.74, 6) is -0.607. The lowest BCUT2D eigenvalue weighted by molar-refractivity contribution is -0.935. The van der Waals surface area contributed by atoms with Crippen molar-refractivity contribution in [3.8, 4) is 5.75 Å². The molecule has 0 saturated heterocycles. The molecule has 24 heavy (non-hydrogen) atoms. The van der Waals surface area contributed by atoms with E-state index in [-0.39, 0.29) is 5.56 Å². The molecule has 1 unspecified atom stereocenters. The lowest BCUT2D eigenvalue weighted by Gasteiger charge is -2.23. The molecule has 0 aliphatic rings. The second-order valence-electron chi connectivity index (χ2n) is 6.24. The van der Waals surface area contributed by atoms with Crippen molar-refractivity contribution < 1.29 is 19.5 Å². The molecule has 0 aliphatic carbocycles. The van der Waals surface area contributed by atoms with Crippen LogP contribution in [0.3, 0.4) is 0 Å². The minimum atomic E-state index is -1.18. The van der Waals surface area contributed by atoms with Gasteiger partial charge >= 0.3 is 0 Å². The van der Waals surface area contributed by atoms with Gasteiger partial charge in [0.2, 0.25) is 0 Å². The standard InChI is InChI=1S/C20H25NO3/c1-16(2)21(15-17-8-4-3-5-9-17)12-7-13-24-19-11-6-10-18(14-19)20(22)23/h3-6,8-11,14,16H,7,12-13,15H2,1-2H3,(H,22,23). The molecule has 4 heteroatoms. The molecule has 0 bridgehead atoms. The van der Waals surface area contributed by atoms with E-state index in [2.05, 4.69) is 38.1 Å². The number of hydrogen-bond acceptors (Lipinski definition) is 3. The van der Waals surface area contributed by atoms with Crippen LogP contribution in [0.15, 0.2) is 54.6 Å². The molecule has 2 aromatic carbocycles. The zero-order chi connectivity index (χ0) is 17.4. The Balaban J connectivity index is 1.80. The number of carbonyl (C=O) groups excluding carboxylic acids is 1. The summed E-state index contributed by atoms with van der Waals surface area (Å²) in [6, 6.07) is 17.5. The molecule has 128 valence electrons. The Labute approximate surface area is 143 Å². The maximum absolute atomic E-state index is 10.9. The summed E-state index contributed by atoms with van der Waals surface area (Å²) < 4.78 is 5.67. The molecule has 4 nitrogen and oxygen atoms in total. The van der Waals surface area contributed by atoms with Gasteiger partial charge in [0.15, 0.2) is 0 Å². The van der Waals surface area contributed by atoms with E-state index in [9.17, 15) is 9.90 Å². The first-order chi connectivity index (χ1) is 11.6. The smallest absolute Gasteiger partial charge is 0.119 e. The van der Waals surface area contributed by atoms with E-state index < -0.39 is 5.97 Å². The van der Waals surface area contributed by atoms with E-state index in [1.165, 1.54) is 22.6 Å². The zero-order valence-corrected chi connectivity index (χ0v) is 14.3. The molecule has 0 fully saturated rings. The van der Waals surface area contributed by atoms with Crippen LogP contribution >= 0.6 is 0 Å². The molecular formula is C20H25NO3. The molecule has 0 heterocycles. The Morgan fingerprint density at radius 2 is 1.88 bits per heavy atom. The van der Waals surface area contributed by atoms with Gasteiger partial charge in [0.25, 0.3) is 0 Å². The Morgan fingerprint density at radius 1 is 1.12 bits per heavy atom. The van der Waals surface area contributed by atoms with Gasteiger partial charge in [-0.15, -0.1) is 0 Å². The summed E-state index contributed by atoms with van der Waals surface area (Å²) in [5.41, 5.74) is 1.48. The van der Waals surface area contributed by atoms with E-state index in [1.807, 2.05) is 6.07 Å². The minimum absolute atomic E-state index is 0.144. The Kier molecular flexibility index (Phi) is 6.82. The molecule has 0 radical (unpaired) electrons. The number of hydrogen-bond donors (Lipinski definition) is 1. The topological polar surface area (TPSA) is 53.8 Å². The van der Waals surface area contributed by atoms with Gasteiger partial charge in [-0.05, 0) is 26.0 Å². The predicted octanol–water partition coefficient (Wildman–Crippen LogP) is 1.31. The third-order valence-corrected chi connectivity index (χ3v) is 4.07. The average molecular weight is 327 g/mol. The van der Waals surface area contributed by atoms with Crippen molar-refractivity contribution in [2.75, 3.05) is 13.2 Å². The van der Waals surface area contributed by atoms with E-state index in [4.69, 9.17) is 4.74 Å². The number of ether oxygens (including phenoxy) is 1. The van der Waals surface area contributed by atoms with Crippen molar-refractivity contribution in [3.63, 3.8) is 0 Å². The number of quaternary nitrogens is 1. The first kappa shape index (κ1) is 18.0. The van der Waals surface area contributed by atoms with Gasteiger partial charge in [-0.25, -0.2) is 0 Å². The van der Waals surface area contributed by atoms with Crippen LogP contribution in [0.4, 0.5) is 0 Å². The second kappa shape index (κ2) is 9.08. The molecule has 0 amide bonds. The van der Waals surface area contributed by atoms with Crippen LogP contribution in [0.25, 0.3) is 0 Å². The summed E-state index contributed by atoms with van der Waals surface area (Å²) >= 11 is 0. The van der Waals surface area contributed by atoms with Crippen LogP contribution in [0, 0.1) is 0 Å². The molecule has 2 aromatic rings. The summed E-state index contributed by atoms with van der Waals surface area (Å²) in [6.45, 7) is 7.03. The van der Waals surface area contributed by atoms with Crippen LogP contribution in [0.2, 0.25) is 0 Å². The Bertz CT molecular complexity index is 640. The molecular weight excluding hydrogens is 302 g/mol. The van der Waals surface area contributed by atoms with E-state index in [0.29, 0.717) is 18.4 Å². The monoisotopic (exact) mass is 327 g/mol. The van der Waals surface area contributed by atoms with Gasteiger partial charge < -0.3 is 19.5 Å². The predicted molar refractivity (Wildman–Crippen MR) is 92.0 cm³/mol. The van der Waals surface area contributed by atoms with Crippen molar-refractivity contribution in [2.45, 2.75) is 32.9 Å². The fraction of sp³-hybridized carbons (Fsp3) is 0.350. The normalized spacial score (nSPS) is 12.1. The van der Waals surface area contributed by atoms with Crippen molar-refractivity contribution in [1.82, 2.24) is 0 Å². The van der Waals surface area contributed by atoms with Crippen molar-refractivity contribution in [1.29, 1.82) is 0 Å². The fourth-order valence-electron chi connectivity index (χ4n) is 2.64. The number of carboxylic acid groups (broad SMARTS) is 1. The van der Waals surface area contributed by atoms with Crippen molar-refractivity contribution in [3.05, 3.63) is 65.7 Å². The average Bonchev–Trinajstić information content (AvgIpc) is 2.58. The number of carboxylic acids is 1. The van der Waals surface area contributed by atoms with Crippen LogP contribution in [-0.2, 0) is 6.54 Å². The highest BCUT2D eigenvalue weighted by Crippen LogP contribution is 2.12. The molecule has 1 atom stereocenters. The highest BCUT2D eigenvalue weighted by atomic mass is 16.5. The van der Waals surface area contributed by atoms with E-state index >= 15 is 0 Å². The van der Waals surface area contributed by atoms with Crippen LogP contribution in [0.5, 0.6) is 5.75 Å². The maximum Gasteiger partial charge on any atom is 0.119 e. The molecule has 0 aromatic heterocycles. The second-order valence-corrected chi connectivity index (χ2v) is 6.24. The summed E-state index contributed by atoms with van der Waals surface area (Å²) in [5, 5.41) is 10.9. The summed E-state index contributed by atoms with van der Waals surface area (Å²) in [4.78, 5) is 12.4. The summed E-state index contributed by atoms with van der Waals surface area (Å²) in [7, 11) is 0. The number of aromatic carboxylic acids is 1. The lowest BCUT2D eigenvalue weighted by atomic mass is 10.2. The minimum Gasteiger partial charge on any atom is -0.545 e. The third-order valence-electron chi connectivity index (χ3n) is 4.07. The van der Waals surface area contributed by atoms with Crippen LogP contribution < -0.4 is 14.7 Å². The van der Waals surface area contributed by atoms with Gasteiger partial charge in [-0.2, -0.15) is 0 Å². The van der Waals surface area contributed by atoms with Crippen molar-refractivity contribution in [2.24, 2.45) is 0 Å². The quantitative estimate of drug-likeness (QED) is 0.707. The van der Waals surface area contributed by atoms with Crippen molar-refractivity contribution >= 4 is 5.97 Å². The molecule has 2 rings (SSSR count). The highest BCUT2D eigenvalue weighted by molar-refractivity contribution is 5.86. The maximum atomic E-state index is 10.9. The number of nitrogens with one attached hydrogen (secondary N) is 1. The van der Waals surface area contributed by atoms with Gasteiger partial charge in [0.1, 0.15) is 12.3 Å². The van der Waals surface area contributed by atoms with Gasteiger partial charge in [-0.3, -0.25) is 0 Å². The Hall–Kier alpha value is -2.33. The summed E-state index contributed by atoms with van der Waals surface area (Å²) in [6.07, 6.45) is 0.913. The first-order valence-corrected chi connectivity index (χ1v) is 8.39. The largest absolute Gasteiger partial charge is 0.545 e. The number of benzene rings is 2. The van der Waals surface area contributed by atoms with Gasteiger partial charge in [-0.1, -0.05) is 42.5 Å². The number of carbonyl (C=O) groups is 1. The SMILES string of the molecule is CC(C)[NH+](CCCOc1cccc(C(=O)[O-])c1)Cc1ccccc1. The van der Waals surface area contributed by atoms with Crippen LogP contribution in [0.1, 0.15) is 36.2 Å². The zero-order valence-electron chi connectivity index (χ0n) is 14.3. The third kappa shape index (κ3) is 5.70. The van der Waals surface area contributed by atoms with Gasteiger partial charge in [0.05, 0.1) is 25.2 Å². The molecule has 0 spiro atoms. The molecule has 0 aliphatic heterocycles. The van der Waals surface area contributed by atoms with Gasteiger partial charge in [0, 0.05) is 17.5 Å². The Morgan fingerprint density at radius 3 is 2.54 bits per heavy atom. The fourth-order valence-corrected chi connectivity index (χ4v) is 2.64.